The topological polar surface area (TPSA) is 68.1 Å². The molecule has 3 heteroatoms. The first kappa shape index (κ1) is 9.30. The van der Waals surface area contributed by atoms with Gasteiger partial charge in [0.25, 0.3) is 6.41 Å². The van der Waals surface area contributed by atoms with Gasteiger partial charge < -0.3 is 15.9 Å². The average molecular weight is 94.1 g/mol. The fourth-order valence-electron chi connectivity index (χ4n) is 0. The molecular weight excluding hydrogens is 82.0 g/mol. The number of hydrogen-bond donors (Lipinski definition) is 3. The molecule has 5 N–H and O–H groups in total. The van der Waals surface area contributed by atoms with E-state index in [2.05, 4.69) is 5.73 Å². The SMILES string of the molecule is CC.[NH3+]C(O)O. The predicted molar refractivity (Wildman–Crippen MR) is 22.5 cm³/mol. The van der Waals surface area contributed by atoms with E-state index in [0.29, 0.717) is 0 Å². The fraction of sp³-hybridized carbons (Fsp3) is 1.00. The molecule has 0 amide bonds. The summed E-state index contributed by atoms with van der Waals surface area (Å²) in [6, 6.07) is 0. The summed E-state index contributed by atoms with van der Waals surface area (Å²) in [5, 5.41) is 15.0. The Balaban J connectivity index is 0. The monoisotopic (exact) mass is 94.1 g/mol. The molecule has 0 unspecified atom stereocenters. The second kappa shape index (κ2) is 8.86. The molecule has 0 aliphatic carbocycles. The first-order chi connectivity index (χ1) is 2.73. The van der Waals surface area contributed by atoms with Crippen molar-refractivity contribution in [2.45, 2.75) is 20.3 Å². The van der Waals surface area contributed by atoms with E-state index in [1.165, 1.54) is 0 Å². The third kappa shape index (κ3) is 2230. The highest BCUT2D eigenvalue weighted by Gasteiger charge is 1.75. The van der Waals surface area contributed by atoms with Crippen molar-refractivity contribution in [3.63, 3.8) is 0 Å². The Hall–Kier alpha value is -0.120. The molecule has 0 aliphatic heterocycles. The minimum Gasteiger partial charge on any atom is -0.322 e. The summed E-state index contributed by atoms with van der Waals surface area (Å²) in [7, 11) is 0. The zero-order valence-corrected chi connectivity index (χ0v) is 4.18. The van der Waals surface area contributed by atoms with E-state index in [4.69, 9.17) is 10.2 Å². The van der Waals surface area contributed by atoms with Crippen LogP contribution in [0.15, 0.2) is 0 Å². The molecule has 0 atom stereocenters. The molecule has 0 aromatic heterocycles. The maximum absolute atomic E-state index is 7.50. The van der Waals surface area contributed by atoms with Crippen LogP contribution < -0.4 is 5.73 Å². The van der Waals surface area contributed by atoms with Crippen molar-refractivity contribution in [1.29, 1.82) is 0 Å². The van der Waals surface area contributed by atoms with Crippen molar-refractivity contribution < 1.29 is 15.9 Å². The maximum Gasteiger partial charge on any atom is 0.299 e. The van der Waals surface area contributed by atoms with Gasteiger partial charge in [-0.3, -0.25) is 0 Å². The van der Waals surface area contributed by atoms with Crippen molar-refractivity contribution in [3.8, 4) is 0 Å². The molecule has 40 valence electrons. The Kier molecular flexibility index (Phi) is 13.7. The van der Waals surface area contributed by atoms with E-state index in [-0.39, 0.29) is 0 Å². The Morgan fingerprint density at radius 1 is 1.33 bits per heavy atom. The highest BCUT2D eigenvalue weighted by Crippen LogP contribution is 1.33. The highest BCUT2D eigenvalue weighted by atomic mass is 16.5. The lowest BCUT2D eigenvalue weighted by atomic mass is 11.0. The van der Waals surface area contributed by atoms with E-state index in [1.807, 2.05) is 13.8 Å². The average Bonchev–Trinajstić information content (AvgIpc) is 1.41. The summed E-state index contributed by atoms with van der Waals surface area (Å²) in [5.41, 5.74) is 2.75. The standard InChI is InChI=1S/C2H6.CH5NO2/c1-2;2-1(3)4/h1-2H3;1,3-4H,2H2/p+1. The molecule has 3 nitrogen and oxygen atoms in total. The van der Waals surface area contributed by atoms with Crippen LogP contribution in [0.4, 0.5) is 0 Å². The van der Waals surface area contributed by atoms with E-state index >= 15 is 0 Å². The Bertz CT molecular complexity index is 13.5. The second-order valence-electron chi connectivity index (χ2n) is 0.481. The van der Waals surface area contributed by atoms with Crippen molar-refractivity contribution in [3.05, 3.63) is 0 Å². The summed E-state index contributed by atoms with van der Waals surface area (Å²) < 4.78 is 0. The fourth-order valence-corrected chi connectivity index (χ4v) is 0. The Morgan fingerprint density at radius 3 is 1.33 bits per heavy atom. The van der Waals surface area contributed by atoms with Gasteiger partial charge in [0, 0.05) is 0 Å². The van der Waals surface area contributed by atoms with E-state index in [1.54, 1.807) is 0 Å². The number of quaternary nitrogens is 1. The van der Waals surface area contributed by atoms with E-state index in [0.717, 1.165) is 0 Å². The second-order valence-corrected chi connectivity index (χ2v) is 0.481. The molecule has 0 heterocycles. The van der Waals surface area contributed by atoms with Gasteiger partial charge in [0.05, 0.1) is 0 Å². The molecule has 0 rings (SSSR count). The molecule has 6 heavy (non-hydrogen) atoms. The molecule has 0 radical (unpaired) electrons. The quantitative estimate of drug-likeness (QED) is 0.320. The van der Waals surface area contributed by atoms with Gasteiger partial charge in [-0.1, -0.05) is 13.8 Å². The van der Waals surface area contributed by atoms with Gasteiger partial charge in [-0.15, -0.1) is 0 Å². The lowest BCUT2D eigenvalue weighted by Gasteiger charge is -1.77. The van der Waals surface area contributed by atoms with Crippen LogP contribution in [0.25, 0.3) is 0 Å². The third-order valence-electron chi connectivity index (χ3n) is 0. The minimum atomic E-state index is -1.42. The lowest BCUT2D eigenvalue weighted by molar-refractivity contribution is -0.548. The summed E-state index contributed by atoms with van der Waals surface area (Å²) in [6.07, 6.45) is -1.42. The Labute approximate surface area is 37.4 Å². The zero-order chi connectivity index (χ0) is 5.58. The maximum atomic E-state index is 7.50. The molecule has 0 aromatic rings. The van der Waals surface area contributed by atoms with Gasteiger partial charge in [0.15, 0.2) is 0 Å². The van der Waals surface area contributed by atoms with Crippen LogP contribution in [0, 0.1) is 0 Å². The van der Waals surface area contributed by atoms with Gasteiger partial charge in [0.2, 0.25) is 0 Å². The molecule has 0 aliphatic rings. The number of rotatable bonds is 0. The van der Waals surface area contributed by atoms with Crippen LogP contribution in [-0.4, -0.2) is 16.6 Å². The lowest BCUT2D eigenvalue weighted by Crippen LogP contribution is -2.60. The summed E-state index contributed by atoms with van der Waals surface area (Å²) in [6.45, 7) is 4.00. The van der Waals surface area contributed by atoms with E-state index < -0.39 is 6.41 Å². The predicted octanol–water partition coefficient (Wildman–Crippen LogP) is -1.48. The molecule has 0 fully saturated rings. The molecule has 0 saturated heterocycles. The van der Waals surface area contributed by atoms with Gasteiger partial charge >= 0.3 is 0 Å². The summed E-state index contributed by atoms with van der Waals surface area (Å²) >= 11 is 0. The molecular formula is C3H12NO2+. The van der Waals surface area contributed by atoms with Crippen LogP contribution in [0.2, 0.25) is 0 Å². The van der Waals surface area contributed by atoms with Gasteiger partial charge in [0.1, 0.15) is 0 Å². The van der Waals surface area contributed by atoms with Gasteiger partial charge in [-0.25, -0.2) is 0 Å². The van der Waals surface area contributed by atoms with Crippen LogP contribution in [0.3, 0.4) is 0 Å². The zero-order valence-electron chi connectivity index (χ0n) is 4.18. The smallest absolute Gasteiger partial charge is 0.299 e. The van der Waals surface area contributed by atoms with E-state index in [9.17, 15) is 0 Å². The van der Waals surface area contributed by atoms with Crippen molar-refractivity contribution in [1.82, 2.24) is 0 Å². The molecule has 0 aromatic carbocycles. The minimum absolute atomic E-state index is 1.42. The van der Waals surface area contributed by atoms with Crippen LogP contribution >= 0.6 is 0 Å². The van der Waals surface area contributed by atoms with Crippen molar-refractivity contribution >= 4 is 0 Å². The first-order valence-electron chi connectivity index (χ1n) is 1.92. The first-order valence-corrected chi connectivity index (χ1v) is 1.92. The van der Waals surface area contributed by atoms with Crippen LogP contribution in [0.1, 0.15) is 13.8 Å². The third-order valence-corrected chi connectivity index (χ3v) is 0. The normalized spacial score (nSPS) is 7.00. The number of hydrogen-bond acceptors (Lipinski definition) is 2. The summed E-state index contributed by atoms with van der Waals surface area (Å²) in [5.74, 6) is 0. The van der Waals surface area contributed by atoms with Gasteiger partial charge in [-0.2, -0.15) is 0 Å². The van der Waals surface area contributed by atoms with Crippen LogP contribution in [0.5, 0.6) is 0 Å². The largest absolute Gasteiger partial charge is 0.322 e. The summed E-state index contributed by atoms with van der Waals surface area (Å²) in [4.78, 5) is 0. The Morgan fingerprint density at radius 2 is 1.33 bits per heavy atom. The van der Waals surface area contributed by atoms with Crippen LogP contribution in [-0.2, 0) is 0 Å². The number of aliphatic hydroxyl groups excluding tert-OH is 1. The molecule has 0 bridgehead atoms. The van der Waals surface area contributed by atoms with Gasteiger partial charge in [-0.05, 0) is 0 Å². The molecule has 0 spiro atoms. The van der Waals surface area contributed by atoms with Crippen molar-refractivity contribution in [2.24, 2.45) is 0 Å². The highest BCUT2D eigenvalue weighted by molar-refractivity contribution is 3.70. The number of aliphatic hydroxyl groups is 2. The van der Waals surface area contributed by atoms with Crippen molar-refractivity contribution in [2.75, 3.05) is 0 Å². The molecule has 0 saturated carbocycles.